The molecule has 100 valence electrons. The molecule has 1 rings (SSSR count). The Morgan fingerprint density at radius 2 is 2.06 bits per heavy atom. The maximum Gasteiger partial charge on any atom is 0.164 e. The second-order valence-corrected chi connectivity index (χ2v) is 6.11. The van der Waals surface area contributed by atoms with Crippen molar-refractivity contribution < 1.29 is 9.53 Å². The number of carbonyl (C=O) groups is 1. The molecule has 0 aromatic carbocycles. The van der Waals surface area contributed by atoms with Crippen LogP contribution in [0.15, 0.2) is 18.5 Å². The first kappa shape index (κ1) is 14.7. The number of hydrogen-bond donors (Lipinski definition) is 0. The van der Waals surface area contributed by atoms with E-state index >= 15 is 0 Å². The number of Topliss-reactive ketones (excluding diaryl/α,β-unsaturated/α-hetero) is 1. The van der Waals surface area contributed by atoms with E-state index in [0.29, 0.717) is 23.7 Å². The molecule has 0 fully saturated rings. The highest BCUT2D eigenvalue weighted by atomic mass is 16.5. The van der Waals surface area contributed by atoms with Gasteiger partial charge in [-0.1, -0.05) is 27.7 Å². The molecule has 3 heteroatoms. The third-order valence-corrected chi connectivity index (χ3v) is 2.77. The number of pyridine rings is 1. The van der Waals surface area contributed by atoms with Crippen molar-refractivity contribution in [2.24, 2.45) is 11.3 Å². The quantitative estimate of drug-likeness (QED) is 0.746. The molecule has 0 radical (unpaired) electrons. The number of ketones is 1. The lowest BCUT2D eigenvalue weighted by atomic mass is 9.83. The summed E-state index contributed by atoms with van der Waals surface area (Å²) in [5.41, 5.74) is 0.891. The van der Waals surface area contributed by atoms with E-state index in [1.165, 1.54) is 0 Å². The van der Waals surface area contributed by atoms with E-state index in [9.17, 15) is 4.79 Å². The summed E-state index contributed by atoms with van der Waals surface area (Å²) in [5.74, 6) is 1.14. The first-order valence-electron chi connectivity index (χ1n) is 6.34. The second-order valence-electron chi connectivity index (χ2n) is 6.11. The Morgan fingerprint density at radius 1 is 1.39 bits per heavy atom. The van der Waals surface area contributed by atoms with Crippen molar-refractivity contribution in [2.75, 3.05) is 7.11 Å². The van der Waals surface area contributed by atoms with Gasteiger partial charge >= 0.3 is 0 Å². The van der Waals surface area contributed by atoms with Crippen molar-refractivity contribution in [3.63, 3.8) is 0 Å². The van der Waals surface area contributed by atoms with Gasteiger partial charge in [-0.15, -0.1) is 0 Å². The number of carbonyl (C=O) groups excluding carboxylic acids is 1. The first-order chi connectivity index (χ1) is 8.31. The van der Waals surface area contributed by atoms with E-state index in [-0.39, 0.29) is 11.2 Å². The summed E-state index contributed by atoms with van der Waals surface area (Å²) in [6.45, 7) is 8.71. The summed E-state index contributed by atoms with van der Waals surface area (Å²) in [4.78, 5) is 16.1. The average Bonchev–Trinajstić information content (AvgIpc) is 2.26. The Balaban J connectivity index is 2.64. The fraction of sp³-hybridized carbons (Fsp3) is 0.600. The molecule has 1 aromatic heterocycles. The average molecular weight is 249 g/mol. The molecule has 1 atom stereocenters. The molecule has 0 saturated carbocycles. The first-order valence-corrected chi connectivity index (χ1v) is 6.34. The fourth-order valence-electron chi connectivity index (χ4n) is 2.23. The Bertz CT molecular complexity index is 407. The van der Waals surface area contributed by atoms with Gasteiger partial charge in [0.2, 0.25) is 0 Å². The smallest absolute Gasteiger partial charge is 0.164 e. The summed E-state index contributed by atoms with van der Waals surface area (Å²) in [7, 11) is 1.58. The summed E-state index contributed by atoms with van der Waals surface area (Å²) in [6.07, 6.45) is 4.81. The molecule has 1 unspecified atom stereocenters. The molecular weight excluding hydrogens is 226 g/mol. The topological polar surface area (TPSA) is 39.2 Å². The van der Waals surface area contributed by atoms with E-state index in [4.69, 9.17) is 4.74 Å². The summed E-state index contributed by atoms with van der Waals surface area (Å²) in [6, 6.07) is 1.75. The molecule has 0 spiro atoms. The molecule has 0 amide bonds. The molecule has 3 nitrogen and oxygen atoms in total. The van der Waals surface area contributed by atoms with E-state index in [1.54, 1.807) is 25.6 Å². The van der Waals surface area contributed by atoms with Gasteiger partial charge in [-0.2, -0.15) is 0 Å². The highest BCUT2D eigenvalue weighted by Crippen LogP contribution is 2.27. The Morgan fingerprint density at radius 3 is 2.61 bits per heavy atom. The Hall–Kier alpha value is -1.38. The number of nitrogens with zero attached hydrogens (tertiary/aromatic N) is 1. The molecule has 0 aliphatic rings. The number of ether oxygens (including phenoxy) is 1. The van der Waals surface area contributed by atoms with Crippen molar-refractivity contribution in [1.82, 2.24) is 4.98 Å². The van der Waals surface area contributed by atoms with Crippen LogP contribution >= 0.6 is 0 Å². The van der Waals surface area contributed by atoms with E-state index in [0.717, 1.165) is 6.42 Å². The maximum atomic E-state index is 12.1. The van der Waals surface area contributed by atoms with Crippen LogP contribution in [0.5, 0.6) is 5.75 Å². The van der Waals surface area contributed by atoms with Crippen LogP contribution in [0.1, 0.15) is 50.9 Å². The van der Waals surface area contributed by atoms with Gasteiger partial charge in [-0.3, -0.25) is 9.78 Å². The van der Waals surface area contributed by atoms with Crippen LogP contribution in [0, 0.1) is 11.3 Å². The molecule has 18 heavy (non-hydrogen) atoms. The number of rotatable bonds is 5. The summed E-state index contributed by atoms with van der Waals surface area (Å²) >= 11 is 0. The van der Waals surface area contributed by atoms with Gasteiger partial charge in [0.15, 0.2) is 5.78 Å². The SMILES string of the molecule is COc1cncc(C(=O)CC(C)CC(C)(C)C)c1. The summed E-state index contributed by atoms with van der Waals surface area (Å²) in [5, 5.41) is 0. The lowest BCUT2D eigenvalue weighted by molar-refractivity contribution is 0.0953. The molecule has 0 N–H and O–H groups in total. The molecule has 0 aliphatic carbocycles. The predicted molar refractivity (Wildman–Crippen MR) is 73.0 cm³/mol. The van der Waals surface area contributed by atoms with Gasteiger partial charge in [-0.25, -0.2) is 0 Å². The zero-order valence-corrected chi connectivity index (χ0v) is 12.0. The van der Waals surface area contributed by atoms with Gasteiger partial charge in [0, 0.05) is 18.2 Å². The highest BCUT2D eigenvalue weighted by Gasteiger charge is 2.18. The fourth-order valence-corrected chi connectivity index (χ4v) is 2.23. The normalized spacial score (nSPS) is 13.2. The standard InChI is InChI=1S/C15H23NO2/c1-11(8-15(2,3)4)6-14(17)12-7-13(18-5)10-16-9-12/h7,9-11H,6,8H2,1-5H3. The molecular formula is C15H23NO2. The predicted octanol–water partition coefficient (Wildman–Crippen LogP) is 3.74. The molecule has 0 bridgehead atoms. The van der Waals surface area contributed by atoms with Crippen LogP contribution in [0.25, 0.3) is 0 Å². The minimum Gasteiger partial charge on any atom is -0.495 e. The van der Waals surface area contributed by atoms with Crippen LogP contribution in [0.4, 0.5) is 0 Å². The van der Waals surface area contributed by atoms with Crippen LogP contribution in [0.3, 0.4) is 0 Å². The van der Waals surface area contributed by atoms with Crippen molar-refractivity contribution >= 4 is 5.78 Å². The van der Waals surface area contributed by atoms with E-state index in [2.05, 4.69) is 32.7 Å². The largest absolute Gasteiger partial charge is 0.495 e. The van der Waals surface area contributed by atoms with Gasteiger partial charge in [0.25, 0.3) is 0 Å². The summed E-state index contributed by atoms with van der Waals surface area (Å²) < 4.78 is 5.08. The van der Waals surface area contributed by atoms with Crippen LogP contribution < -0.4 is 4.74 Å². The van der Waals surface area contributed by atoms with Crippen LogP contribution in [-0.4, -0.2) is 17.9 Å². The highest BCUT2D eigenvalue weighted by molar-refractivity contribution is 5.96. The lowest BCUT2D eigenvalue weighted by Gasteiger charge is -2.22. The van der Waals surface area contributed by atoms with Gasteiger partial charge in [0.05, 0.1) is 13.3 Å². The monoisotopic (exact) mass is 249 g/mol. The van der Waals surface area contributed by atoms with Crippen molar-refractivity contribution in [1.29, 1.82) is 0 Å². The Kier molecular flexibility index (Phi) is 4.88. The molecule has 1 heterocycles. The molecule has 0 saturated heterocycles. The van der Waals surface area contributed by atoms with Gasteiger partial charge in [-0.05, 0) is 23.8 Å². The van der Waals surface area contributed by atoms with Crippen LogP contribution in [-0.2, 0) is 0 Å². The number of hydrogen-bond acceptors (Lipinski definition) is 3. The van der Waals surface area contributed by atoms with Crippen molar-refractivity contribution in [3.05, 3.63) is 24.0 Å². The van der Waals surface area contributed by atoms with Crippen molar-refractivity contribution in [3.8, 4) is 5.75 Å². The number of methoxy groups -OCH3 is 1. The van der Waals surface area contributed by atoms with Crippen LogP contribution in [0.2, 0.25) is 0 Å². The van der Waals surface area contributed by atoms with Gasteiger partial charge in [0.1, 0.15) is 5.75 Å². The van der Waals surface area contributed by atoms with E-state index < -0.39 is 0 Å². The zero-order valence-electron chi connectivity index (χ0n) is 12.0. The molecule has 1 aromatic rings. The number of aromatic nitrogens is 1. The maximum absolute atomic E-state index is 12.1. The Labute approximate surface area is 110 Å². The second kappa shape index (κ2) is 5.98. The van der Waals surface area contributed by atoms with E-state index in [1.807, 2.05) is 0 Å². The van der Waals surface area contributed by atoms with Crippen molar-refractivity contribution in [2.45, 2.75) is 40.5 Å². The molecule has 0 aliphatic heterocycles. The third kappa shape index (κ3) is 4.86. The van der Waals surface area contributed by atoms with Gasteiger partial charge < -0.3 is 4.74 Å². The minimum absolute atomic E-state index is 0.137. The third-order valence-electron chi connectivity index (χ3n) is 2.77. The minimum atomic E-state index is 0.137. The lowest BCUT2D eigenvalue weighted by Crippen LogP contribution is -2.14. The zero-order chi connectivity index (χ0) is 13.8.